The van der Waals surface area contributed by atoms with Crippen LogP contribution >= 0.6 is 24.0 Å². The number of aliphatic imine (C=N–C) groups is 1. The van der Waals surface area contributed by atoms with Crippen LogP contribution in [0.2, 0.25) is 0 Å². The van der Waals surface area contributed by atoms with Crippen molar-refractivity contribution in [1.29, 1.82) is 0 Å². The molecule has 0 bridgehead atoms. The normalized spacial score (nSPS) is 12.4. The molecule has 0 radical (unpaired) electrons. The number of halogens is 1. The molecule has 0 unspecified atom stereocenters. The maximum atomic E-state index is 11.6. The third-order valence-electron chi connectivity index (χ3n) is 3.09. The number of nitrogens with one attached hydrogen (secondary N) is 2. The van der Waals surface area contributed by atoms with E-state index in [1.165, 1.54) is 12.5 Å². The van der Waals surface area contributed by atoms with Gasteiger partial charge in [-0.05, 0) is 24.1 Å². The monoisotopic (exact) mass is 489 g/mol. The number of rotatable bonds is 6. The summed E-state index contributed by atoms with van der Waals surface area (Å²) in [6.07, 6.45) is 2.36. The van der Waals surface area contributed by atoms with Crippen LogP contribution in [0.1, 0.15) is 11.1 Å². The number of nitrogens with zero attached hydrogens (tertiary/aromatic N) is 1. The topological polar surface area (TPSA) is 105 Å². The molecule has 1 aromatic carbocycles. The van der Waals surface area contributed by atoms with Gasteiger partial charge in [-0.15, -0.1) is 24.0 Å². The third-order valence-corrected chi connectivity index (χ3v) is 5.29. The highest BCUT2D eigenvalue weighted by atomic mass is 127. The summed E-state index contributed by atoms with van der Waals surface area (Å²) in [5.41, 5.74) is 1.59. The minimum Gasteiger partial charge on any atom is -0.355 e. The SMILES string of the molecule is CN=C(NCCS(C)(=O)=O)NCc1ccc(S(C)(=O)=O)c(C)c1.I. The van der Waals surface area contributed by atoms with Crippen molar-refractivity contribution in [3.63, 3.8) is 0 Å². The summed E-state index contributed by atoms with van der Waals surface area (Å²) in [5, 5.41) is 5.96. The van der Waals surface area contributed by atoms with Crippen molar-refractivity contribution >= 4 is 49.6 Å². The van der Waals surface area contributed by atoms with Gasteiger partial charge in [0.05, 0.1) is 10.6 Å². The third kappa shape index (κ3) is 8.29. The maximum absolute atomic E-state index is 11.6. The van der Waals surface area contributed by atoms with Gasteiger partial charge in [-0.2, -0.15) is 0 Å². The molecule has 0 amide bonds. The van der Waals surface area contributed by atoms with Gasteiger partial charge in [-0.1, -0.05) is 12.1 Å². The molecule has 0 heterocycles. The van der Waals surface area contributed by atoms with Crippen LogP contribution in [0.15, 0.2) is 28.1 Å². The summed E-state index contributed by atoms with van der Waals surface area (Å²) in [6, 6.07) is 5.12. The molecule has 0 aliphatic rings. The number of hydrogen-bond donors (Lipinski definition) is 2. The quantitative estimate of drug-likeness (QED) is 0.347. The zero-order chi connectivity index (χ0) is 17.7. The molecule has 0 fully saturated rings. The minimum absolute atomic E-state index is 0. The van der Waals surface area contributed by atoms with E-state index in [1.54, 1.807) is 32.2 Å². The Balaban J connectivity index is 0.00000529. The fourth-order valence-corrected chi connectivity index (χ4v) is 3.43. The Morgan fingerprint density at radius 3 is 2.21 bits per heavy atom. The van der Waals surface area contributed by atoms with Crippen LogP contribution < -0.4 is 10.6 Å². The highest BCUT2D eigenvalue weighted by Gasteiger charge is 2.11. The van der Waals surface area contributed by atoms with E-state index in [9.17, 15) is 16.8 Å². The van der Waals surface area contributed by atoms with Crippen molar-refractivity contribution < 1.29 is 16.8 Å². The van der Waals surface area contributed by atoms with Crippen LogP contribution in [-0.2, 0) is 26.2 Å². The molecule has 0 aromatic heterocycles. The molecule has 1 aromatic rings. The van der Waals surface area contributed by atoms with Gasteiger partial charge < -0.3 is 10.6 Å². The predicted molar refractivity (Wildman–Crippen MR) is 108 cm³/mol. The molecule has 0 saturated heterocycles. The van der Waals surface area contributed by atoms with Crippen LogP contribution in [0.3, 0.4) is 0 Å². The standard InChI is InChI=1S/C14H23N3O4S2.HI/c1-11-9-12(5-6-13(11)23(4,20)21)10-17-14(15-2)16-7-8-22(3,18)19;/h5-6,9H,7-8,10H2,1-4H3,(H2,15,16,17);1H. The van der Waals surface area contributed by atoms with Crippen LogP contribution in [0, 0.1) is 6.92 Å². The second kappa shape index (κ2) is 9.56. The highest BCUT2D eigenvalue weighted by Crippen LogP contribution is 2.16. The van der Waals surface area contributed by atoms with Crippen LogP contribution in [0.25, 0.3) is 0 Å². The van der Waals surface area contributed by atoms with Crippen molar-refractivity contribution in [3.05, 3.63) is 29.3 Å². The molecule has 2 N–H and O–H groups in total. The number of guanidine groups is 1. The summed E-state index contributed by atoms with van der Waals surface area (Å²) < 4.78 is 45.3. The van der Waals surface area contributed by atoms with Crippen molar-refractivity contribution in [3.8, 4) is 0 Å². The smallest absolute Gasteiger partial charge is 0.191 e. The molecule has 0 spiro atoms. The number of sulfone groups is 2. The number of aryl methyl sites for hydroxylation is 1. The summed E-state index contributed by atoms with van der Waals surface area (Å²) in [4.78, 5) is 4.32. The predicted octanol–water partition coefficient (Wildman–Crippen LogP) is 0.726. The second-order valence-electron chi connectivity index (χ2n) is 5.35. The molecular weight excluding hydrogens is 465 g/mol. The largest absolute Gasteiger partial charge is 0.355 e. The van der Waals surface area contributed by atoms with Gasteiger partial charge in [0.25, 0.3) is 0 Å². The molecule has 138 valence electrons. The van der Waals surface area contributed by atoms with E-state index in [0.717, 1.165) is 5.56 Å². The lowest BCUT2D eigenvalue weighted by Crippen LogP contribution is -2.39. The zero-order valence-electron chi connectivity index (χ0n) is 14.2. The van der Waals surface area contributed by atoms with Gasteiger partial charge in [0.1, 0.15) is 9.84 Å². The molecule has 0 aliphatic heterocycles. The molecular formula is C14H24IN3O4S2. The lowest BCUT2D eigenvalue weighted by molar-refractivity contribution is 0.598. The molecule has 0 atom stereocenters. The number of hydrogen-bond acceptors (Lipinski definition) is 5. The molecule has 10 heteroatoms. The Bertz CT molecular complexity index is 790. The Morgan fingerprint density at radius 1 is 1.12 bits per heavy atom. The lowest BCUT2D eigenvalue weighted by Gasteiger charge is -2.12. The van der Waals surface area contributed by atoms with E-state index in [0.29, 0.717) is 23.0 Å². The van der Waals surface area contributed by atoms with E-state index >= 15 is 0 Å². The first-order chi connectivity index (χ1) is 10.5. The summed E-state index contributed by atoms with van der Waals surface area (Å²) in [7, 11) is -4.66. The fraction of sp³-hybridized carbons (Fsp3) is 0.500. The molecule has 24 heavy (non-hydrogen) atoms. The zero-order valence-corrected chi connectivity index (χ0v) is 18.1. The van der Waals surface area contributed by atoms with Crippen molar-refractivity contribution in [1.82, 2.24) is 10.6 Å². The average Bonchev–Trinajstić information content (AvgIpc) is 2.40. The van der Waals surface area contributed by atoms with Crippen LogP contribution in [-0.4, -0.2) is 54.7 Å². The lowest BCUT2D eigenvalue weighted by atomic mass is 10.1. The maximum Gasteiger partial charge on any atom is 0.191 e. The van der Waals surface area contributed by atoms with E-state index in [-0.39, 0.29) is 36.3 Å². The summed E-state index contributed by atoms with van der Waals surface area (Å²) in [6.45, 7) is 2.47. The van der Waals surface area contributed by atoms with Gasteiger partial charge in [-0.3, -0.25) is 4.99 Å². The van der Waals surface area contributed by atoms with Crippen LogP contribution in [0.4, 0.5) is 0 Å². The van der Waals surface area contributed by atoms with E-state index in [1.807, 2.05) is 0 Å². The van der Waals surface area contributed by atoms with Gasteiger partial charge in [0, 0.05) is 32.6 Å². The highest BCUT2D eigenvalue weighted by molar-refractivity contribution is 14.0. The van der Waals surface area contributed by atoms with Crippen molar-refractivity contribution in [2.24, 2.45) is 4.99 Å². The Kier molecular flexibility index (Phi) is 9.21. The minimum atomic E-state index is -3.23. The van der Waals surface area contributed by atoms with E-state index < -0.39 is 19.7 Å². The summed E-state index contributed by atoms with van der Waals surface area (Å²) >= 11 is 0. The first kappa shape index (κ1) is 23.1. The van der Waals surface area contributed by atoms with Gasteiger partial charge in [0.15, 0.2) is 15.8 Å². The second-order valence-corrected chi connectivity index (χ2v) is 9.60. The Morgan fingerprint density at radius 2 is 1.75 bits per heavy atom. The van der Waals surface area contributed by atoms with Crippen LogP contribution in [0.5, 0.6) is 0 Å². The Hall–Kier alpha value is -0.880. The molecule has 1 rings (SSSR count). The van der Waals surface area contributed by atoms with E-state index in [2.05, 4.69) is 15.6 Å². The fourth-order valence-electron chi connectivity index (χ4n) is 2.00. The molecule has 0 aliphatic carbocycles. The first-order valence-corrected chi connectivity index (χ1v) is 10.9. The number of benzene rings is 1. The Labute approximate surface area is 161 Å². The molecule has 0 saturated carbocycles. The first-order valence-electron chi connectivity index (χ1n) is 6.95. The van der Waals surface area contributed by atoms with Crippen molar-refractivity contribution in [2.75, 3.05) is 31.9 Å². The van der Waals surface area contributed by atoms with E-state index in [4.69, 9.17) is 0 Å². The average molecular weight is 489 g/mol. The molecule has 7 nitrogen and oxygen atoms in total. The van der Waals surface area contributed by atoms with Gasteiger partial charge >= 0.3 is 0 Å². The van der Waals surface area contributed by atoms with Gasteiger partial charge in [0.2, 0.25) is 0 Å². The van der Waals surface area contributed by atoms with Gasteiger partial charge in [-0.25, -0.2) is 16.8 Å². The van der Waals surface area contributed by atoms with Crippen molar-refractivity contribution in [2.45, 2.75) is 18.4 Å². The summed E-state index contributed by atoms with van der Waals surface area (Å²) in [5.74, 6) is 0.508.